The molecule has 0 aliphatic rings. The third kappa shape index (κ3) is 4.41. The lowest BCUT2D eigenvalue weighted by Crippen LogP contribution is -2.22. The van der Waals surface area contributed by atoms with Crippen molar-refractivity contribution in [2.75, 3.05) is 12.4 Å². The molecule has 5 heteroatoms. The summed E-state index contributed by atoms with van der Waals surface area (Å²) in [4.78, 5) is 10.9. The lowest BCUT2D eigenvalue weighted by Gasteiger charge is -2.07. The molecular formula is C9H16O4S. The van der Waals surface area contributed by atoms with Crippen LogP contribution >= 0.6 is 0 Å². The molecule has 0 saturated carbocycles. The van der Waals surface area contributed by atoms with Gasteiger partial charge in [-0.05, 0) is 20.8 Å². The molecule has 0 aliphatic heterocycles. The SMILES string of the molecule is C=C(C)C(=O)OCCS(=O)(=O)C(C)C. The van der Waals surface area contributed by atoms with Crippen LogP contribution in [0.1, 0.15) is 20.8 Å². The first-order valence-corrected chi connectivity index (χ1v) is 6.03. The Balaban J connectivity index is 3.99. The van der Waals surface area contributed by atoms with Gasteiger partial charge in [0, 0.05) is 5.57 Å². The second-order valence-corrected chi connectivity index (χ2v) is 6.01. The van der Waals surface area contributed by atoms with Crippen LogP contribution in [0, 0.1) is 0 Å². The second-order valence-electron chi connectivity index (χ2n) is 3.33. The van der Waals surface area contributed by atoms with Crippen LogP contribution in [0.15, 0.2) is 12.2 Å². The molecule has 0 radical (unpaired) electrons. The quantitative estimate of drug-likeness (QED) is 0.511. The Morgan fingerprint density at radius 2 is 1.93 bits per heavy atom. The Morgan fingerprint density at radius 3 is 2.29 bits per heavy atom. The molecule has 4 nitrogen and oxygen atoms in total. The molecule has 0 aromatic heterocycles. The Labute approximate surface area is 84.9 Å². The van der Waals surface area contributed by atoms with E-state index in [9.17, 15) is 13.2 Å². The van der Waals surface area contributed by atoms with E-state index < -0.39 is 21.1 Å². The zero-order valence-electron chi connectivity index (χ0n) is 8.74. The summed E-state index contributed by atoms with van der Waals surface area (Å²) in [6.45, 7) is 7.98. The maximum atomic E-state index is 11.3. The molecule has 14 heavy (non-hydrogen) atoms. The highest BCUT2D eigenvalue weighted by molar-refractivity contribution is 7.91. The number of rotatable bonds is 5. The zero-order chi connectivity index (χ0) is 11.4. The van der Waals surface area contributed by atoms with Crippen LogP contribution in [0.25, 0.3) is 0 Å². The van der Waals surface area contributed by atoms with Crippen molar-refractivity contribution in [1.29, 1.82) is 0 Å². The van der Waals surface area contributed by atoms with Crippen molar-refractivity contribution in [2.45, 2.75) is 26.0 Å². The van der Waals surface area contributed by atoms with Crippen molar-refractivity contribution in [3.05, 3.63) is 12.2 Å². The van der Waals surface area contributed by atoms with Crippen LogP contribution < -0.4 is 0 Å². The van der Waals surface area contributed by atoms with E-state index in [-0.39, 0.29) is 17.9 Å². The topological polar surface area (TPSA) is 60.4 Å². The van der Waals surface area contributed by atoms with Crippen LogP contribution in [0.4, 0.5) is 0 Å². The maximum absolute atomic E-state index is 11.3. The summed E-state index contributed by atoms with van der Waals surface area (Å²) < 4.78 is 27.2. The standard InChI is InChI=1S/C9H16O4S/c1-7(2)9(10)13-5-6-14(11,12)8(3)4/h8H,1,5-6H2,2-4H3. The van der Waals surface area contributed by atoms with Gasteiger partial charge in [-0.15, -0.1) is 0 Å². The van der Waals surface area contributed by atoms with Gasteiger partial charge < -0.3 is 4.74 Å². The highest BCUT2D eigenvalue weighted by atomic mass is 32.2. The molecule has 82 valence electrons. The predicted octanol–water partition coefficient (Wildman–Crippen LogP) is 0.929. The maximum Gasteiger partial charge on any atom is 0.333 e. The molecule has 0 N–H and O–H groups in total. The van der Waals surface area contributed by atoms with Crippen molar-refractivity contribution in [3.63, 3.8) is 0 Å². The van der Waals surface area contributed by atoms with Crippen molar-refractivity contribution in [2.24, 2.45) is 0 Å². The zero-order valence-corrected chi connectivity index (χ0v) is 9.56. The number of ether oxygens (including phenoxy) is 1. The van der Waals surface area contributed by atoms with E-state index in [1.807, 2.05) is 0 Å². The van der Waals surface area contributed by atoms with Gasteiger partial charge in [0.1, 0.15) is 6.61 Å². The van der Waals surface area contributed by atoms with Crippen molar-refractivity contribution in [3.8, 4) is 0 Å². The summed E-state index contributed by atoms with van der Waals surface area (Å²) >= 11 is 0. The molecule has 0 atom stereocenters. The summed E-state index contributed by atoms with van der Waals surface area (Å²) in [5.41, 5.74) is 0.270. The van der Waals surface area contributed by atoms with Crippen molar-refractivity contribution in [1.82, 2.24) is 0 Å². The Kier molecular flexibility index (Phi) is 4.83. The van der Waals surface area contributed by atoms with Gasteiger partial charge in [-0.3, -0.25) is 0 Å². The molecule has 0 rings (SSSR count). The molecule has 0 bridgehead atoms. The molecule has 0 saturated heterocycles. The number of hydrogen-bond acceptors (Lipinski definition) is 4. The summed E-state index contributed by atoms with van der Waals surface area (Å²) in [5, 5.41) is -0.439. The fourth-order valence-electron chi connectivity index (χ4n) is 0.609. The van der Waals surface area contributed by atoms with Gasteiger partial charge in [-0.25, -0.2) is 13.2 Å². The molecule has 0 aliphatic carbocycles. The average molecular weight is 220 g/mol. The van der Waals surface area contributed by atoms with Crippen molar-refractivity contribution < 1.29 is 17.9 Å². The lowest BCUT2D eigenvalue weighted by atomic mass is 10.4. The molecule has 0 aromatic carbocycles. The number of hydrogen-bond donors (Lipinski definition) is 0. The number of carbonyl (C=O) groups is 1. The van der Waals surface area contributed by atoms with E-state index in [0.29, 0.717) is 0 Å². The first kappa shape index (κ1) is 13.2. The number of esters is 1. The molecule has 0 fully saturated rings. The normalized spacial score (nSPS) is 11.4. The van der Waals surface area contributed by atoms with E-state index in [4.69, 9.17) is 0 Å². The monoisotopic (exact) mass is 220 g/mol. The van der Waals surface area contributed by atoms with Gasteiger partial charge in [0.15, 0.2) is 9.84 Å². The van der Waals surface area contributed by atoms with Gasteiger partial charge >= 0.3 is 5.97 Å². The van der Waals surface area contributed by atoms with Crippen LogP contribution in [0.5, 0.6) is 0 Å². The van der Waals surface area contributed by atoms with E-state index in [0.717, 1.165) is 0 Å². The molecule has 0 amide bonds. The fourth-order valence-corrected chi connectivity index (χ4v) is 1.40. The van der Waals surface area contributed by atoms with E-state index in [1.165, 1.54) is 6.92 Å². The first-order valence-electron chi connectivity index (χ1n) is 4.31. The summed E-state index contributed by atoms with van der Waals surface area (Å²) in [6, 6.07) is 0. The minimum absolute atomic E-state index is 0.105. The molecule has 0 heterocycles. The second kappa shape index (κ2) is 5.14. The molecular weight excluding hydrogens is 204 g/mol. The smallest absolute Gasteiger partial charge is 0.333 e. The Hall–Kier alpha value is -0.840. The number of sulfone groups is 1. The predicted molar refractivity (Wildman–Crippen MR) is 54.7 cm³/mol. The molecule has 0 unspecified atom stereocenters. The van der Waals surface area contributed by atoms with Crippen LogP contribution in [-0.4, -0.2) is 32.0 Å². The van der Waals surface area contributed by atoms with E-state index >= 15 is 0 Å². The molecule has 0 spiro atoms. The summed E-state index contributed by atoms with van der Waals surface area (Å²) in [7, 11) is -3.13. The van der Waals surface area contributed by atoms with Crippen LogP contribution in [0.2, 0.25) is 0 Å². The van der Waals surface area contributed by atoms with Gasteiger partial charge in [0.2, 0.25) is 0 Å². The Bertz CT molecular complexity index is 314. The minimum atomic E-state index is -3.13. The lowest BCUT2D eigenvalue weighted by molar-refractivity contribution is -0.138. The van der Waals surface area contributed by atoms with E-state index in [1.54, 1.807) is 13.8 Å². The Morgan fingerprint density at radius 1 is 1.43 bits per heavy atom. The van der Waals surface area contributed by atoms with Gasteiger partial charge in [0.05, 0.1) is 11.0 Å². The van der Waals surface area contributed by atoms with Gasteiger partial charge in [-0.1, -0.05) is 6.58 Å². The summed E-state index contributed by atoms with van der Waals surface area (Å²) in [5.74, 6) is -0.687. The number of carbonyl (C=O) groups excluding carboxylic acids is 1. The highest BCUT2D eigenvalue weighted by Gasteiger charge is 2.16. The largest absolute Gasteiger partial charge is 0.461 e. The van der Waals surface area contributed by atoms with Crippen LogP contribution in [0.3, 0.4) is 0 Å². The van der Waals surface area contributed by atoms with Crippen molar-refractivity contribution >= 4 is 15.8 Å². The fraction of sp³-hybridized carbons (Fsp3) is 0.667. The third-order valence-electron chi connectivity index (χ3n) is 1.67. The third-order valence-corrected chi connectivity index (χ3v) is 3.84. The minimum Gasteiger partial charge on any atom is -0.461 e. The average Bonchev–Trinajstić information content (AvgIpc) is 2.03. The molecule has 0 aromatic rings. The van der Waals surface area contributed by atoms with Gasteiger partial charge in [0.25, 0.3) is 0 Å². The summed E-state index contributed by atoms with van der Waals surface area (Å²) in [6.07, 6.45) is 0. The van der Waals surface area contributed by atoms with Crippen LogP contribution in [-0.2, 0) is 19.4 Å². The van der Waals surface area contributed by atoms with Gasteiger partial charge in [-0.2, -0.15) is 0 Å². The first-order chi connectivity index (χ1) is 6.27. The highest BCUT2D eigenvalue weighted by Crippen LogP contribution is 2.01. The van der Waals surface area contributed by atoms with E-state index in [2.05, 4.69) is 11.3 Å².